The van der Waals surface area contributed by atoms with Crippen molar-refractivity contribution in [1.29, 1.82) is 0 Å². The molecule has 2 fully saturated rings. The highest BCUT2D eigenvalue weighted by atomic mass is 19.1. The van der Waals surface area contributed by atoms with E-state index in [0.29, 0.717) is 33.9 Å². The molecule has 3 aromatic rings. The SMILES string of the molecule is CC(C)(C)[NH+]=Cc1c(N)ccc(NC(=O)c2ccc(=O)n(-c3c(F)cccc3F)n2)c1N1C[C@@H](N)C2(CC2)C1. The molecule has 1 saturated heterocycles. The number of para-hydroxylation sites is 1. The zero-order chi connectivity index (χ0) is 28.1. The van der Waals surface area contributed by atoms with Crippen LogP contribution in [0.1, 0.15) is 49.7 Å². The zero-order valence-corrected chi connectivity index (χ0v) is 22.1. The van der Waals surface area contributed by atoms with Crippen LogP contribution >= 0.6 is 0 Å². The van der Waals surface area contributed by atoms with Crippen molar-refractivity contribution >= 4 is 29.2 Å². The molecule has 6 N–H and O–H groups in total. The number of nitrogens with two attached hydrogens (primary N) is 2. The number of benzene rings is 2. The van der Waals surface area contributed by atoms with Crippen LogP contribution in [0, 0.1) is 17.0 Å². The van der Waals surface area contributed by atoms with Crippen molar-refractivity contribution in [2.24, 2.45) is 11.1 Å². The molecule has 0 unspecified atom stereocenters. The van der Waals surface area contributed by atoms with Gasteiger partial charge in [0.1, 0.15) is 11.4 Å². The lowest BCUT2D eigenvalue weighted by molar-refractivity contribution is -0.533. The van der Waals surface area contributed by atoms with Gasteiger partial charge < -0.3 is 21.7 Å². The average molecular weight is 537 g/mol. The molecule has 2 aromatic carbocycles. The van der Waals surface area contributed by atoms with E-state index in [9.17, 15) is 18.4 Å². The Morgan fingerprint density at radius 3 is 2.44 bits per heavy atom. The Kier molecular flexibility index (Phi) is 6.50. The van der Waals surface area contributed by atoms with Gasteiger partial charge in [-0.25, -0.2) is 13.8 Å². The van der Waals surface area contributed by atoms with Crippen LogP contribution in [0.15, 0.2) is 47.3 Å². The monoisotopic (exact) mass is 536 g/mol. The Morgan fingerprint density at radius 1 is 1.13 bits per heavy atom. The molecule has 11 heteroatoms. The first-order chi connectivity index (χ1) is 18.4. The fraction of sp³-hybridized carbons (Fsp3) is 0.357. The lowest BCUT2D eigenvalue weighted by Crippen LogP contribution is -2.81. The summed E-state index contributed by atoms with van der Waals surface area (Å²) < 4.78 is 29.3. The van der Waals surface area contributed by atoms with Crippen LogP contribution in [-0.4, -0.2) is 46.6 Å². The third-order valence-corrected chi connectivity index (χ3v) is 7.25. The lowest BCUT2D eigenvalue weighted by atomic mass is 10.0. The smallest absolute Gasteiger partial charge is 0.276 e. The fourth-order valence-corrected chi connectivity index (χ4v) is 4.93. The van der Waals surface area contributed by atoms with Gasteiger partial charge in [-0.1, -0.05) is 6.07 Å². The van der Waals surface area contributed by atoms with Gasteiger partial charge in [0.15, 0.2) is 23.4 Å². The van der Waals surface area contributed by atoms with Crippen LogP contribution < -0.4 is 32.2 Å². The summed E-state index contributed by atoms with van der Waals surface area (Å²) >= 11 is 0. The van der Waals surface area contributed by atoms with Crippen molar-refractivity contribution in [2.75, 3.05) is 29.0 Å². The van der Waals surface area contributed by atoms with E-state index in [1.165, 1.54) is 12.1 Å². The number of nitrogens with one attached hydrogen (secondary N) is 2. The number of hydrogen-bond acceptors (Lipinski definition) is 6. The maximum atomic E-state index is 14.4. The largest absolute Gasteiger partial charge is 0.398 e. The summed E-state index contributed by atoms with van der Waals surface area (Å²) in [7, 11) is 0. The minimum atomic E-state index is -0.978. The molecular formula is C28H32F2N7O2+. The summed E-state index contributed by atoms with van der Waals surface area (Å²) in [6, 6.07) is 8.84. The Labute approximate surface area is 224 Å². The van der Waals surface area contributed by atoms with E-state index in [1.54, 1.807) is 12.1 Å². The first-order valence-corrected chi connectivity index (χ1v) is 12.8. The van der Waals surface area contributed by atoms with Gasteiger partial charge >= 0.3 is 0 Å². The second-order valence-corrected chi connectivity index (χ2v) is 11.3. The van der Waals surface area contributed by atoms with Gasteiger partial charge in [-0.2, -0.15) is 9.78 Å². The normalized spacial score (nSPS) is 18.2. The van der Waals surface area contributed by atoms with Gasteiger partial charge in [0.05, 0.1) is 16.9 Å². The van der Waals surface area contributed by atoms with Gasteiger partial charge in [0, 0.05) is 36.3 Å². The summed E-state index contributed by atoms with van der Waals surface area (Å²) in [5, 5.41) is 6.84. The van der Waals surface area contributed by atoms with Crippen LogP contribution in [0.4, 0.5) is 25.8 Å². The van der Waals surface area contributed by atoms with E-state index in [4.69, 9.17) is 11.5 Å². The number of anilines is 3. The summed E-state index contributed by atoms with van der Waals surface area (Å²) in [6.45, 7) is 7.39. The van der Waals surface area contributed by atoms with Crippen molar-refractivity contribution in [1.82, 2.24) is 9.78 Å². The summed E-state index contributed by atoms with van der Waals surface area (Å²) in [6.07, 6.45) is 3.93. The van der Waals surface area contributed by atoms with Gasteiger partial charge in [-0.05, 0) is 63.9 Å². The molecule has 2 heterocycles. The van der Waals surface area contributed by atoms with Crippen molar-refractivity contribution in [3.05, 3.63) is 75.7 Å². The van der Waals surface area contributed by atoms with Crippen LogP contribution in [0.5, 0.6) is 0 Å². The number of rotatable bonds is 5. The molecule has 0 bridgehead atoms. The van der Waals surface area contributed by atoms with E-state index in [2.05, 4.69) is 20.3 Å². The van der Waals surface area contributed by atoms with Gasteiger partial charge in [0.25, 0.3) is 11.5 Å². The average Bonchev–Trinajstić information content (AvgIpc) is 3.57. The van der Waals surface area contributed by atoms with Crippen LogP contribution in [-0.2, 0) is 0 Å². The molecule has 1 aliphatic carbocycles. The van der Waals surface area contributed by atoms with Crippen molar-refractivity contribution in [2.45, 2.75) is 45.2 Å². The highest BCUT2D eigenvalue weighted by Crippen LogP contribution is 2.53. The quantitative estimate of drug-likeness (QED) is 0.289. The van der Waals surface area contributed by atoms with Crippen molar-refractivity contribution in [3.8, 4) is 5.69 Å². The molecule has 1 saturated carbocycles. The Morgan fingerprint density at radius 2 is 1.82 bits per heavy atom. The minimum Gasteiger partial charge on any atom is -0.398 e. The molecule has 1 amide bonds. The molecule has 1 atom stereocenters. The lowest BCUT2D eigenvalue weighted by Gasteiger charge is -2.25. The zero-order valence-electron chi connectivity index (χ0n) is 22.1. The third-order valence-electron chi connectivity index (χ3n) is 7.25. The van der Waals surface area contributed by atoms with Crippen LogP contribution in [0.2, 0.25) is 0 Å². The van der Waals surface area contributed by atoms with Crippen molar-refractivity contribution < 1.29 is 18.6 Å². The molecule has 9 nitrogen and oxygen atoms in total. The van der Waals surface area contributed by atoms with Gasteiger partial charge in [0.2, 0.25) is 0 Å². The number of hydrogen-bond donors (Lipinski definition) is 4. The first-order valence-electron chi connectivity index (χ1n) is 12.8. The predicted molar refractivity (Wildman–Crippen MR) is 146 cm³/mol. The maximum absolute atomic E-state index is 14.4. The van der Waals surface area contributed by atoms with E-state index in [-0.39, 0.29) is 22.7 Å². The van der Waals surface area contributed by atoms with E-state index >= 15 is 0 Å². The number of amides is 1. The Balaban J connectivity index is 1.55. The molecule has 0 radical (unpaired) electrons. The van der Waals surface area contributed by atoms with Crippen LogP contribution in [0.3, 0.4) is 0 Å². The van der Waals surface area contributed by atoms with Gasteiger partial charge in [-0.3, -0.25) is 9.59 Å². The summed E-state index contributed by atoms with van der Waals surface area (Å²) in [5.41, 5.74) is 13.5. The first kappa shape index (κ1) is 26.5. The predicted octanol–water partition coefficient (Wildman–Crippen LogP) is 1.57. The number of aromatic nitrogens is 2. The molecule has 2 aliphatic rings. The van der Waals surface area contributed by atoms with E-state index < -0.39 is 28.8 Å². The topological polar surface area (TPSA) is 133 Å². The highest BCUT2D eigenvalue weighted by Gasteiger charge is 2.54. The molecule has 39 heavy (non-hydrogen) atoms. The second kappa shape index (κ2) is 9.57. The number of nitrogens with zero attached hydrogens (tertiary/aromatic N) is 3. The summed E-state index contributed by atoms with van der Waals surface area (Å²) in [5.74, 6) is -2.62. The van der Waals surface area contributed by atoms with Crippen molar-refractivity contribution in [3.63, 3.8) is 0 Å². The molecule has 5 rings (SSSR count). The molecular weight excluding hydrogens is 504 g/mol. The molecule has 1 aromatic heterocycles. The highest BCUT2D eigenvalue weighted by molar-refractivity contribution is 6.07. The molecule has 1 spiro atoms. The van der Waals surface area contributed by atoms with E-state index in [1.807, 2.05) is 27.0 Å². The summed E-state index contributed by atoms with van der Waals surface area (Å²) in [4.78, 5) is 31.3. The standard InChI is InChI=1S/C28H31F2N7O2/c1-27(2,3)33-13-16-19(31)7-8-20(24(16)36-14-22(32)28(15-36)11-12-28)34-26(39)21-9-10-23(38)37(35-21)25-17(29)5-4-6-18(25)30/h4-10,13,22H,11-12,14-15,31-32H2,1-3H3,(H,34,39)/p+1/t22-/m1/s1. The Bertz CT molecular complexity index is 1520. The van der Waals surface area contributed by atoms with E-state index in [0.717, 1.165) is 37.6 Å². The Hall–Kier alpha value is -4.12. The minimum absolute atomic E-state index is 0.00760. The fourth-order valence-electron chi connectivity index (χ4n) is 4.93. The number of nitrogen functional groups attached to an aromatic ring is 1. The molecule has 204 valence electrons. The number of halogens is 2. The van der Waals surface area contributed by atoms with Gasteiger partial charge in [-0.15, -0.1) is 0 Å². The second-order valence-electron chi connectivity index (χ2n) is 11.3. The van der Waals surface area contributed by atoms with Crippen LogP contribution in [0.25, 0.3) is 5.69 Å². The molecule has 1 aliphatic heterocycles. The number of carbonyl (C=O) groups excluding carboxylic acids is 1. The number of carbonyl (C=O) groups is 1. The maximum Gasteiger partial charge on any atom is 0.276 e. The third kappa shape index (κ3) is 5.14.